The lowest BCUT2D eigenvalue weighted by Crippen LogP contribution is -2.41. The van der Waals surface area contributed by atoms with Gasteiger partial charge in [-0.1, -0.05) is 30.3 Å². The van der Waals surface area contributed by atoms with Crippen molar-refractivity contribution >= 4 is 5.97 Å². The van der Waals surface area contributed by atoms with Crippen molar-refractivity contribution in [1.82, 2.24) is 0 Å². The van der Waals surface area contributed by atoms with Crippen molar-refractivity contribution in [2.75, 3.05) is 13.2 Å². The van der Waals surface area contributed by atoms with Crippen molar-refractivity contribution in [3.63, 3.8) is 0 Å². The fourth-order valence-electron chi connectivity index (χ4n) is 1.69. The number of rotatable bonds is 6. The summed E-state index contributed by atoms with van der Waals surface area (Å²) in [4.78, 5) is 21.8. The minimum atomic E-state index is -1.03. The Morgan fingerprint density at radius 2 is 2.06 bits per heavy atom. The molecule has 0 aliphatic heterocycles. The molecule has 0 saturated heterocycles. The third-order valence-corrected chi connectivity index (χ3v) is 2.57. The Hall–Kier alpha value is -1.95. The second kappa shape index (κ2) is 6.70. The molecule has 0 aliphatic rings. The number of hydrogen-bond donors (Lipinski definition) is 1. The highest BCUT2D eigenvalue weighted by molar-refractivity contribution is 5.76. The third kappa shape index (κ3) is 3.81. The van der Waals surface area contributed by atoms with Crippen LogP contribution in [0, 0.1) is 10.1 Å². The Bertz CT molecular complexity index is 408. The SMILES string of the molecule is CCOC(=O)[C@@H](N)[C@@H](C[N+](=O)[O-])c1ccccc1. The first-order valence-electron chi connectivity index (χ1n) is 5.65. The molecule has 0 spiro atoms. The van der Waals surface area contributed by atoms with Gasteiger partial charge in [0.1, 0.15) is 6.04 Å². The number of carbonyl (C=O) groups is 1. The molecular formula is C12H16N2O4. The highest BCUT2D eigenvalue weighted by atomic mass is 16.6. The maximum absolute atomic E-state index is 11.6. The molecule has 0 radical (unpaired) electrons. The van der Waals surface area contributed by atoms with E-state index in [0.29, 0.717) is 5.56 Å². The lowest BCUT2D eigenvalue weighted by atomic mass is 9.92. The van der Waals surface area contributed by atoms with Crippen LogP contribution in [0.4, 0.5) is 0 Å². The molecule has 0 bridgehead atoms. The highest BCUT2D eigenvalue weighted by Gasteiger charge is 2.31. The number of hydrogen-bond acceptors (Lipinski definition) is 5. The topological polar surface area (TPSA) is 95.5 Å². The van der Waals surface area contributed by atoms with E-state index in [4.69, 9.17) is 10.5 Å². The molecule has 0 aromatic heterocycles. The largest absolute Gasteiger partial charge is 0.465 e. The van der Waals surface area contributed by atoms with Crippen molar-refractivity contribution in [3.8, 4) is 0 Å². The summed E-state index contributed by atoms with van der Waals surface area (Å²) < 4.78 is 4.80. The lowest BCUT2D eigenvalue weighted by Gasteiger charge is -2.19. The Kier molecular flexibility index (Phi) is 5.26. The van der Waals surface area contributed by atoms with E-state index < -0.39 is 29.4 Å². The van der Waals surface area contributed by atoms with Gasteiger partial charge < -0.3 is 10.5 Å². The summed E-state index contributed by atoms with van der Waals surface area (Å²) in [7, 11) is 0. The van der Waals surface area contributed by atoms with Crippen LogP contribution in [0.1, 0.15) is 18.4 Å². The van der Waals surface area contributed by atoms with E-state index in [1.54, 1.807) is 37.3 Å². The molecule has 6 nitrogen and oxygen atoms in total. The molecule has 2 N–H and O–H groups in total. The van der Waals surface area contributed by atoms with Crippen molar-refractivity contribution in [2.45, 2.75) is 18.9 Å². The van der Waals surface area contributed by atoms with Gasteiger partial charge >= 0.3 is 5.97 Å². The van der Waals surface area contributed by atoms with Gasteiger partial charge in [0.25, 0.3) is 0 Å². The maximum atomic E-state index is 11.6. The van der Waals surface area contributed by atoms with Gasteiger partial charge in [-0.25, -0.2) is 0 Å². The van der Waals surface area contributed by atoms with Crippen LogP contribution in [0.25, 0.3) is 0 Å². The van der Waals surface area contributed by atoms with Gasteiger partial charge in [-0.15, -0.1) is 0 Å². The predicted octanol–water partition coefficient (Wildman–Crippen LogP) is 0.937. The average molecular weight is 252 g/mol. The van der Waals surface area contributed by atoms with E-state index in [1.165, 1.54) is 0 Å². The Balaban J connectivity index is 2.91. The molecule has 1 rings (SSSR count). The number of nitrogens with two attached hydrogens (primary N) is 1. The van der Waals surface area contributed by atoms with Crippen LogP contribution in [0.3, 0.4) is 0 Å². The number of nitro groups is 1. The molecule has 0 aliphatic carbocycles. The van der Waals surface area contributed by atoms with Gasteiger partial charge in [0.05, 0.1) is 12.5 Å². The normalized spacial score (nSPS) is 13.7. The minimum Gasteiger partial charge on any atom is -0.465 e. The van der Waals surface area contributed by atoms with Gasteiger partial charge in [0, 0.05) is 4.92 Å². The molecule has 1 aromatic carbocycles. The third-order valence-electron chi connectivity index (χ3n) is 2.57. The fraction of sp³-hybridized carbons (Fsp3) is 0.417. The summed E-state index contributed by atoms with van der Waals surface area (Å²) in [6, 6.07) is 7.70. The molecule has 0 saturated carbocycles. The van der Waals surface area contributed by atoms with E-state index in [-0.39, 0.29) is 6.61 Å². The van der Waals surface area contributed by atoms with Crippen LogP contribution >= 0.6 is 0 Å². The molecule has 0 unspecified atom stereocenters. The van der Waals surface area contributed by atoms with Crippen molar-refractivity contribution < 1.29 is 14.5 Å². The molecule has 18 heavy (non-hydrogen) atoms. The van der Waals surface area contributed by atoms with Gasteiger partial charge in [-0.2, -0.15) is 0 Å². The molecule has 98 valence electrons. The first-order valence-corrected chi connectivity index (χ1v) is 5.65. The Labute approximate surface area is 105 Å². The summed E-state index contributed by atoms with van der Waals surface area (Å²) in [6.07, 6.45) is 0. The number of esters is 1. The van der Waals surface area contributed by atoms with Gasteiger partial charge in [0.2, 0.25) is 6.54 Å². The van der Waals surface area contributed by atoms with Crippen molar-refractivity contribution in [2.24, 2.45) is 5.73 Å². The van der Waals surface area contributed by atoms with E-state index in [1.807, 2.05) is 0 Å². The summed E-state index contributed by atoms with van der Waals surface area (Å²) in [5.74, 6) is -1.30. The van der Waals surface area contributed by atoms with Gasteiger partial charge in [-0.05, 0) is 12.5 Å². The second-order valence-electron chi connectivity index (χ2n) is 3.81. The monoisotopic (exact) mass is 252 g/mol. The van der Waals surface area contributed by atoms with E-state index in [2.05, 4.69) is 0 Å². The van der Waals surface area contributed by atoms with E-state index in [9.17, 15) is 14.9 Å². The molecule has 6 heteroatoms. The molecule has 0 amide bonds. The number of benzene rings is 1. The maximum Gasteiger partial charge on any atom is 0.323 e. The van der Waals surface area contributed by atoms with Gasteiger partial charge in [0.15, 0.2) is 0 Å². The number of ether oxygens (including phenoxy) is 1. The molecule has 0 fully saturated rings. The zero-order valence-electron chi connectivity index (χ0n) is 10.1. The number of nitrogens with zero attached hydrogens (tertiary/aromatic N) is 1. The van der Waals surface area contributed by atoms with Crippen molar-refractivity contribution in [3.05, 3.63) is 46.0 Å². The molecule has 1 aromatic rings. The Morgan fingerprint density at radius 3 is 2.56 bits per heavy atom. The summed E-state index contributed by atoms with van der Waals surface area (Å²) in [5, 5.41) is 10.7. The summed E-state index contributed by atoms with van der Waals surface area (Å²) >= 11 is 0. The Morgan fingerprint density at radius 1 is 1.44 bits per heavy atom. The van der Waals surface area contributed by atoms with Crippen LogP contribution in [0.5, 0.6) is 0 Å². The summed E-state index contributed by atoms with van der Waals surface area (Å²) in [6.45, 7) is 1.46. The van der Waals surface area contributed by atoms with Gasteiger partial charge in [-0.3, -0.25) is 14.9 Å². The van der Waals surface area contributed by atoms with E-state index >= 15 is 0 Å². The zero-order valence-corrected chi connectivity index (χ0v) is 10.1. The van der Waals surface area contributed by atoms with Crippen LogP contribution in [-0.2, 0) is 9.53 Å². The van der Waals surface area contributed by atoms with E-state index in [0.717, 1.165) is 0 Å². The van der Waals surface area contributed by atoms with Crippen LogP contribution in [0.15, 0.2) is 30.3 Å². The standard InChI is InChI=1S/C12H16N2O4/c1-2-18-12(15)11(13)10(8-14(16)17)9-6-4-3-5-7-9/h3-7,10-11H,2,8,13H2,1H3/t10-,11-/m0/s1. The average Bonchev–Trinajstić information content (AvgIpc) is 2.36. The fourth-order valence-corrected chi connectivity index (χ4v) is 1.69. The van der Waals surface area contributed by atoms with Crippen molar-refractivity contribution in [1.29, 1.82) is 0 Å². The van der Waals surface area contributed by atoms with Crippen LogP contribution in [0.2, 0.25) is 0 Å². The highest BCUT2D eigenvalue weighted by Crippen LogP contribution is 2.19. The quantitative estimate of drug-likeness (QED) is 0.461. The second-order valence-corrected chi connectivity index (χ2v) is 3.81. The lowest BCUT2D eigenvalue weighted by molar-refractivity contribution is -0.483. The van der Waals surface area contributed by atoms with Crippen LogP contribution in [-0.4, -0.2) is 30.1 Å². The van der Waals surface area contributed by atoms with Crippen LogP contribution < -0.4 is 5.73 Å². The minimum absolute atomic E-state index is 0.201. The first kappa shape index (κ1) is 14.1. The smallest absolute Gasteiger partial charge is 0.323 e. The molecule has 2 atom stereocenters. The summed E-state index contributed by atoms with van der Waals surface area (Å²) in [5.41, 5.74) is 6.41. The first-order chi connectivity index (χ1) is 8.56. The molecular weight excluding hydrogens is 236 g/mol. The molecule has 0 heterocycles. The zero-order chi connectivity index (χ0) is 13.5. The number of carbonyl (C=O) groups excluding carboxylic acids is 1. The predicted molar refractivity (Wildman–Crippen MR) is 65.7 cm³/mol.